The Kier molecular flexibility index (Phi) is 6.01. The molecule has 0 unspecified atom stereocenters. The number of benzene rings is 1. The summed E-state index contributed by atoms with van der Waals surface area (Å²) in [4.78, 5) is 14.4. The van der Waals surface area contributed by atoms with Crippen LogP contribution in [0.3, 0.4) is 0 Å². The van der Waals surface area contributed by atoms with E-state index in [0.717, 1.165) is 16.7 Å². The van der Waals surface area contributed by atoms with Crippen molar-refractivity contribution in [1.82, 2.24) is 9.47 Å². The van der Waals surface area contributed by atoms with Crippen molar-refractivity contribution in [2.24, 2.45) is 0 Å². The third kappa shape index (κ3) is 4.24. The predicted octanol–water partition coefficient (Wildman–Crippen LogP) is 2.01. The van der Waals surface area contributed by atoms with Gasteiger partial charge in [-0.2, -0.15) is 0 Å². The highest BCUT2D eigenvalue weighted by atomic mass is 16.5. The number of aromatic nitrogens is 1. The SMILES string of the molecule is COCCn1c(C(=O)OCCN(C)C)cc2cc(OC)ccc21. The normalized spacial score (nSPS) is 11.2. The van der Waals surface area contributed by atoms with Gasteiger partial charge < -0.3 is 23.7 Å². The Morgan fingerprint density at radius 3 is 2.61 bits per heavy atom. The molecule has 0 radical (unpaired) electrons. The van der Waals surface area contributed by atoms with Gasteiger partial charge in [-0.3, -0.25) is 0 Å². The van der Waals surface area contributed by atoms with Gasteiger partial charge in [0, 0.05) is 31.1 Å². The Morgan fingerprint density at radius 1 is 1.17 bits per heavy atom. The number of hydrogen-bond acceptors (Lipinski definition) is 5. The number of likely N-dealkylation sites (N-methyl/N-ethyl adjacent to an activating group) is 1. The zero-order valence-corrected chi connectivity index (χ0v) is 14.2. The third-order valence-corrected chi connectivity index (χ3v) is 3.61. The standard InChI is InChI=1S/C17H24N2O4/c1-18(2)7-10-23-17(20)16-12-13-11-14(22-4)5-6-15(13)19(16)8-9-21-3/h5-6,11-12H,7-10H2,1-4H3. The fourth-order valence-electron chi connectivity index (χ4n) is 2.36. The number of methoxy groups -OCH3 is 2. The molecular formula is C17H24N2O4. The highest BCUT2D eigenvalue weighted by Gasteiger charge is 2.17. The van der Waals surface area contributed by atoms with Crippen molar-refractivity contribution in [3.63, 3.8) is 0 Å². The lowest BCUT2D eigenvalue weighted by atomic mass is 10.2. The van der Waals surface area contributed by atoms with Crippen molar-refractivity contribution in [1.29, 1.82) is 0 Å². The summed E-state index contributed by atoms with van der Waals surface area (Å²) in [6.07, 6.45) is 0. The highest BCUT2D eigenvalue weighted by molar-refractivity contribution is 5.96. The van der Waals surface area contributed by atoms with Crippen LogP contribution in [0, 0.1) is 0 Å². The first-order valence-electron chi connectivity index (χ1n) is 7.55. The molecule has 0 spiro atoms. The molecule has 0 saturated carbocycles. The zero-order chi connectivity index (χ0) is 16.8. The maximum Gasteiger partial charge on any atom is 0.355 e. The van der Waals surface area contributed by atoms with Crippen molar-refractivity contribution in [2.75, 3.05) is 48.1 Å². The molecule has 1 aromatic carbocycles. The van der Waals surface area contributed by atoms with Crippen LogP contribution in [0.2, 0.25) is 0 Å². The van der Waals surface area contributed by atoms with Crippen molar-refractivity contribution >= 4 is 16.9 Å². The van der Waals surface area contributed by atoms with Gasteiger partial charge in [0.25, 0.3) is 0 Å². The first-order chi connectivity index (χ1) is 11.1. The lowest BCUT2D eigenvalue weighted by molar-refractivity contribution is 0.0468. The first kappa shape index (κ1) is 17.3. The minimum Gasteiger partial charge on any atom is -0.497 e. The summed E-state index contributed by atoms with van der Waals surface area (Å²) in [7, 11) is 7.15. The van der Waals surface area contributed by atoms with Crippen molar-refractivity contribution in [2.45, 2.75) is 6.54 Å². The van der Waals surface area contributed by atoms with Crippen LogP contribution in [-0.4, -0.2) is 63.5 Å². The summed E-state index contributed by atoms with van der Waals surface area (Å²) in [6.45, 7) is 2.16. The molecule has 0 aliphatic carbocycles. The quantitative estimate of drug-likeness (QED) is 0.697. The van der Waals surface area contributed by atoms with Gasteiger partial charge in [0.05, 0.1) is 13.7 Å². The van der Waals surface area contributed by atoms with Gasteiger partial charge in [0.1, 0.15) is 18.1 Å². The average molecular weight is 320 g/mol. The van der Waals surface area contributed by atoms with E-state index in [9.17, 15) is 4.79 Å². The number of nitrogens with zero attached hydrogens (tertiary/aromatic N) is 2. The van der Waals surface area contributed by atoms with Gasteiger partial charge >= 0.3 is 5.97 Å². The number of fused-ring (bicyclic) bond motifs is 1. The summed E-state index contributed by atoms with van der Waals surface area (Å²) in [5.41, 5.74) is 1.49. The number of esters is 1. The fraction of sp³-hybridized carbons (Fsp3) is 0.471. The minimum atomic E-state index is -0.321. The lowest BCUT2D eigenvalue weighted by Crippen LogP contribution is -2.21. The van der Waals surface area contributed by atoms with Crippen molar-refractivity contribution in [3.8, 4) is 5.75 Å². The van der Waals surface area contributed by atoms with E-state index in [1.165, 1.54) is 0 Å². The highest BCUT2D eigenvalue weighted by Crippen LogP contribution is 2.25. The van der Waals surface area contributed by atoms with Crippen LogP contribution in [0.15, 0.2) is 24.3 Å². The van der Waals surface area contributed by atoms with E-state index >= 15 is 0 Å². The van der Waals surface area contributed by atoms with Crippen LogP contribution in [0.25, 0.3) is 10.9 Å². The van der Waals surface area contributed by atoms with Crippen molar-refractivity contribution in [3.05, 3.63) is 30.0 Å². The molecule has 0 N–H and O–H groups in total. The molecule has 0 bridgehead atoms. The molecule has 0 aliphatic rings. The molecule has 126 valence electrons. The predicted molar refractivity (Wildman–Crippen MR) is 89.2 cm³/mol. The van der Waals surface area contributed by atoms with E-state index in [1.54, 1.807) is 14.2 Å². The number of hydrogen-bond donors (Lipinski definition) is 0. The monoisotopic (exact) mass is 320 g/mol. The van der Waals surface area contributed by atoms with Crippen LogP contribution in [-0.2, 0) is 16.0 Å². The van der Waals surface area contributed by atoms with Gasteiger partial charge in [-0.25, -0.2) is 4.79 Å². The van der Waals surface area contributed by atoms with Gasteiger partial charge in [-0.1, -0.05) is 0 Å². The van der Waals surface area contributed by atoms with E-state index in [1.807, 2.05) is 47.8 Å². The Bertz CT molecular complexity index is 664. The van der Waals surface area contributed by atoms with Crippen LogP contribution in [0.4, 0.5) is 0 Å². The van der Waals surface area contributed by atoms with Crippen LogP contribution < -0.4 is 4.74 Å². The molecule has 0 atom stereocenters. The molecule has 1 heterocycles. The average Bonchev–Trinajstić information content (AvgIpc) is 2.90. The fourth-order valence-corrected chi connectivity index (χ4v) is 2.36. The van der Waals surface area contributed by atoms with Crippen molar-refractivity contribution < 1.29 is 19.0 Å². The van der Waals surface area contributed by atoms with Crippen LogP contribution in [0.5, 0.6) is 5.75 Å². The summed E-state index contributed by atoms with van der Waals surface area (Å²) in [5.74, 6) is 0.437. The Morgan fingerprint density at radius 2 is 1.96 bits per heavy atom. The van der Waals surface area contributed by atoms with Gasteiger partial charge in [-0.05, 0) is 38.4 Å². The van der Waals surface area contributed by atoms with E-state index < -0.39 is 0 Å². The number of carbonyl (C=O) groups is 1. The van der Waals surface area contributed by atoms with E-state index in [4.69, 9.17) is 14.2 Å². The Hall–Kier alpha value is -2.05. The van der Waals surface area contributed by atoms with E-state index in [0.29, 0.717) is 32.0 Å². The zero-order valence-electron chi connectivity index (χ0n) is 14.2. The smallest absolute Gasteiger partial charge is 0.355 e. The molecule has 2 aromatic rings. The molecule has 1 aromatic heterocycles. The minimum absolute atomic E-state index is 0.321. The summed E-state index contributed by atoms with van der Waals surface area (Å²) >= 11 is 0. The molecule has 6 nitrogen and oxygen atoms in total. The largest absolute Gasteiger partial charge is 0.497 e. The van der Waals surface area contributed by atoms with Gasteiger partial charge in [-0.15, -0.1) is 0 Å². The second-order valence-corrected chi connectivity index (χ2v) is 5.54. The number of rotatable bonds is 8. The molecule has 0 amide bonds. The summed E-state index contributed by atoms with van der Waals surface area (Å²) in [5, 5.41) is 0.944. The lowest BCUT2D eigenvalue weighted by Gasteiger charge is -2.12. The topological polar surface area (TPSA) is 52.9 Å². The summed E-state index contributed by atoms with van der Waals surface area (Å²) in [6, 6.07) is 7.58. The molecular weight excluding hydrogens is 296 g/mol. The third-order valence-electron chi connectivity index (χ3n) is 3.61. The Labute approximate surface area is 136 Å². The van der Waals surface area contributed by atoms with Crippen LogP contribution >= 0.6 is 0 Å². The summed E-state index contributed by atoms with van der Waals surface area (Å²) < 4.78 is 17.7. The van der Waals surface area contributed by atoms with E-state index in [-0.39, 0.29) is 5.97 Å². The van der Waals surface area contributed by atoms with Crippen LogP contribution in [0.1, 0.15) is 10.5 Å². The molecule has 0 aliphatic heterocycles. The molecule has 6 heteroatoms. The molecule has 0 saturated heterocycles. The van der Waals surface area contributed by atoms with E-state index in [2.05, 4.69) is 0 Å². The Balaban J connectivity index is 2.30. The molecule has 2 rings (SSSR count). The van der Waals surface area contributed by atoms with Gasteiger partial charge in [0.15, 0.2) is 0 Å². The molecule has 23 heavy (non-hydrogen) atoms. The maximum atomic E-state index is 12.4. The number of carbonyl (C=O) groups excluding carboxylic acids is 1. The van der Waals surface area contributed by atoms with Gasteiger partial charge in [0.2, 0.25) is 0 Å². The number of ether oxygens (including phenoxy) is 3. The second kappa shape index (κ2) is 7.99. The molecule has 0 fully saturated rings. The maximum absolute atomic E-state index is 12.4. The first-order valence-corrected chi connectivity index (χ1v) is 7.55. The second-order valence-electron chi connectivity index (χ2n) is 5.54.